The van der Waals surface area contributed by atoms with E-state index in [0.717, 1.165) is 0 Å². The van der Waals surface area contributed by atoms with Crippen LogP contribution in [0.3, 0.4) is 0 Å². The zero-order valence-corrected chi connectivity index (χ0v) is 15.9. The van der Waals surface area contributed by atoms with Crippen molar-refractivity contribution < 1.29 is 22.3 Å². The molecule has 0 spiro atoms. The molecule has 0 radical (unpaired) electrons. The van der Waals surface area contributed by atoms with Gasteiger partial charge in [0.25, 0.3) is 0 Å². The van der Waals surface area contributed by atoms with Gasteiger partial charge in [0.15, 0.2) is 0 Å². The van der Waals surface area contributed by atoms with Crippen molar-refractivity contribution in [1.82, 2.24) is 19.3 Å². The Morgan fingerprint density at radius 1 is 1.37 bits per heavy atom. The highest BCUT2D eigenvalue weighted by molar-refractivity contribution is 7.89. The SMILES string of the molecule is COC(=O)c1cc(S(=O)(=O)NCCc2nc3ccc(F)cc3[nH]2)c(C)n1C. The van der Waals surface area contributed by atoms with Crippen molar-refractivity contribution in [3.63, 3.8) is 0 Å². The molecule has 0 saturated heterocycles. The van der Waals surface area contributed by atoms with Crippen LogP contribution < -0.4 is 4.72 Å². The lowest BCUT2D eigenvalue weighted by atomic mass is 10.3. The van der Waals surface area contributed by atoms with Crippen LogP contribution in [0, 0.1) is 12.7 Å². The number of carbonyl (C=O) groups is 1. The summed E-state index contributed by atoms with van der Waals surface area (Å²) in [7, 11) is -0.998. The molecule has 8 nitrogen and oxygen atoms in total. The van der Waals surface area contributed by atoms with Gasteiger partial charge in [-0.2, -0.15) is 0 Å². The number of sulfonamides is 1. The topological polar surface area (TPSA) is 106 Å². The first-order valence-corrected chi connectivity index (χ1v) is 9.59. The maximum absolute atomic E-state index is 13.2. The lowest BCUT2D eigenvalue weighted by Gasteiger charge is -2.06. The molecular weight excluding hydrogens is 375 g/mol. The van der Waals surface area contributed by atoms with Gasteiger partial charge in [-0.3, -0.25) is 0 Å². The predicted octanol–water partition coefficient (Wildman–Crippen LogP) is 1.66. The van der Waals surface area contributed by atoms with E-state index in [-0.39, 0.29) is 23.0 Å². The summed E-state index contributed by atoms with van der Waals surface area (Å²) in [6, 6.07) is 5.48. The average molecular weight is 394 g/mol. The van der Waals surface area contributed by atoms with Crippen LogP contribution in [0.1, 0.15) is 22.0 Å². The number of benzene rings is 1. The molecule has 0 unspecified atom stereocenters. The third kappa shape index (κ3) is 3.71. The molecule has 0 fully saturated rings. The molecule has 2 heterocycles. The number of aromatic amines is 1. The fraction of sp³-hybridized carbons (Fsp3) is 0.294. The highest BCUT2D eigenvalue weighted by atomic mass is 32.2. The van der Waals surface area contributed by atoms with Crippen molar-refractivity contribution in [3.8, 4) is 0 Å². The first kappa shape index (κ1) is 19.1. The van der Waals surface area contributed by atoms with E-state index in [4.69, 9.17) is 0 Å². The van der Waals surface area contributed by atoms with Crippen LogP contribution in [-0.2, 0) is 28.2 Å². The Bertz CT molecular complexity index is 1120. The molecule has 10 heteroatoms. The van der Waals surface area contributed by atoms with Gasteiger partial charge < -0.3 is 14.3 Å². The van der Waals surface area contributed by atoms with Crippen LogP contribution >= 0.6 is 0 Å². The van der Waals surface area contributed by atoms with Gasteiger partial charge in [0, 0.05) is 25.7 Å². The third-order valence-electron chi connectivity index (χ3n) is 4.32. The highest BCUT2D eigenvalue weighted by Gasteiger charge is 2.24. The molecule has 0 atom stereocenters. The zero-order chi connectivity index (χ0) is 19.8. The first-order chi connectivity index (χ1) is 12.7. The summed E-state index contributed by atoms with van der Waals surface area (Å²) in [5, 5.41) is 0. The normalized spacial score (nSPS) is 11.9. The van der Waals surface area contributed by atoms with Crippen molar-refractivity contribution in [3.05, 3.63) is 47.3 Å². The maximum atomic E-state index is 13.2. The molecular formula is C17H19FN4O4S. The maximum Gasteiger partial charge on any atom is 0.354 e. The lowest BCUT2D eigenvalue weighted by Crippen LogP contribution is -2.26. The van der Waals surface area contributed by atoms with E-state index in [9.17, 15) is 17.6 Å². The molecule has 3 aromatic rings. The number of carbonyl (C=O) groups excluding carboxylic acids is 1. The number of hydrogen-bond acceptors (Lipinski definition) is 5. The van der Waals surface area contributed by atoms with Gasteiger partial charge in [-0.1, -0.05) is 0 Å². The van der Waals surface area contributed by atoms with Crippen molar-refractivity contribution in [2.24, 2.45) is 7.05 Å². The summed E-state index contributed by atoms with van der Waals surface area (Å²) in [6.07, 6.45) is 0.297. The number of hydrogen-bond donors (Lipinski definition) is 2. The molecule has 0 aliphatic rings. The van der Waals surface area contributed by atoms with Crippen molar-refractivity contribution >= 4 is 27.0 Å². The Balaban J connectivity index is 1.74. The largest absolute Gasteiger partial charge is 0.464 e. The van der Waals surface area contributed by atoms with E-state index >= 15 is 0 Å². The van der Waals surface area contributed by atoms with Crippen molar-refractivity contribution in [1.29, 1.82) is 0 Å². The molecule has 3 rings (SSSR count). The van der Waals surface area contributed by atoms with Gasteiger partial charge in [-0.25, -0.2) is 27.3 Å². The van der Waals surface area contributed by atoms with E-state index in [0.29, 0.717) is 29.0 Å². The number of aromatic nitrogens is 3. The molecule has 2 N–H and O–H groups in total. The van der Waals surface area contributed by atoms with Crippen LogP contribution in [0.15, 0.2) is 29.2 Å². The van der Waals surface area contributed by atoms with E-state index in [2.05, 4.69) is 19.4 Å². The van der Waals surface area contributed by atoms with Crippen LogP contribution in [0.4, 0.5) is 4.39 Å². The summed E-state index contributed by atoms with van der Waals surface area (Å²) < 4.78 is 47.0. The number of esters is 1. The van der Waals surface area contributed by atoms with E-state index in [1.54, 1.807) is 20.0 Å². The second-order valence-electron chi connectivity index (χ2n) is 6.02. The van der Waals surface area contributed by atoms with E-state index < -0.39 is 16.0 Å². The summed E-state index contributed by atoms with van der Waals surface area (Å²) in [4.78, 5) is 19.0. The fourth-order valence-corrected chi connectivity index (χ4v) is 4.10. The Morgan fingerprint density at radius 2 is 2.11 bits per heavy atom. The number of ether oxygens (including phenoxy) is 1. The van der Waals surface area contributed by atoms with Crippen molar-refractivity contribution in [2.45, 2.75) is 18.2 Å². The second kappa shape index (κ2) is 7.12. The minimum Gasteiger partial charge on any atom is -0.464 e. The van der Waals surface area contributed by atoms with E-state index in [1.165, 1.54) is 29.9 Å². The molecule has 0 amide bonds. The summed E-state index contributed by atoms with van der Waals surface area (Å²) in [5.74, 6) is -0.450. The highest BCUT2D eigenvalue weighted by Crippen LogP contribution is 2.20. The number of methoxy groups -OCH3 is 1. The van der Waals surface area contributed by atoms with Crippen LogP contribution in [0.5, 0.6) is 0 Å². The van der Waals surface area contributed by atoms with Gasteiger partial charge in [-0.05, 0) is 31.2 Å². The smallest absolute Gasteiger partial charge is 0.354 e. The van der Waals surface area contributed by atoms with E-state index in [1.807, 2.05) is 0 Å². The number of fused-ring (bicyclic) bond motifs is 1. The van der Waals surface area contributed by atoms with Gasteiger partial charge in [0.2, 0.25) is 10.0 Å². The number of halogens is 1. The molecule has 0 aliphatic carbocycles. The standard InChI is InChI=1S/C17H19FN4O4S/c1-10-15(9-14(22(10)2)17(23)26-3)27(24,25)19-7-6-16-20-12-5-4-11(18)8-13(12)21-16/h4-5,8-9,19H,6-7H2,1-3H3,(H,20,21). The quantitative estimate of drug-likeness (QED) is 0.619. The Hall–Kier alpha value is -2.72. The third-order valence-corrected chi connectivity index (χ3v) is 5.90. The number of imidazole rings is 1. The minimum atomic E-state index is -3.82. The fourth-order valence-electron chi connectivity index (χ4n) is 2.78. The van der Waals surface area contributed by atoms with Gasteiger partial charge >= 0.3 is 5.97 Å². The lowest BCUT2D eigenvalue weighted by molar-refractivity contribution is 0.0589. The Kier molecular flexibility index (Phi) is 5.03. The Labute approximate surface area is 155 Å². The number of rotatable bonds is 6. The first-order valence-electron chi connectivity index (χ1n) is 8.11. The number of nitrogens with zero attached hydrogens (tertiary/aromatic N) is 2. The van der Waals surface area contributed by atoms with Crippen molar-refractivity contribution in [2.75, 3.05) is 13.7 Å². The molecule has 27 heavy (non-hydrogen) atoms. The number of H-pyrrole nitrogens is 1. The molecule has 0 aliphatic heterocycles. The van der Waals surface area contributed by atoms with Crippen LogP contribution in [0.2, 0.25) is 0 Å². The van der Waals surface area contributed by atoms with Gasteiger partial charge in [-0.15, -0.1) is 0 Å². The summed E-state index contributed by atoms with van der Waals surface area (Å²) >= 11 is 0. The summed E-state index contributed by atoms with van der Waals surface area (Å²) in [6.45, 7) is 1.70. The second-order valence-corrected chi connectivity index (χ2v) is 7.76. The Morgan fingerprint density at radius 3 is 2.81 bits per heavy atom. The molecule has 144 valence electrons. The molecule has 1 aromatic carbocycles. The van der Waals surface area contributed by atoms with Gasteiger partial charge in [0.1, 0.15) is 22.2 Å². The predicted molar refractivity (Wildman–Crippen MR) is 96.4 cm³/mol. The monoisotopic (exact) mass is 394 g/mol. The van der Waals surface area contributed by atoms with Crippen LogP contribution in [0.25, 0.3) is 11.0 Å². The summed E-state index contributed by atoms with van der Waals surface area (Å²) in [5.41, 5.74) is 1.72. The molecule has 0 saturated carbocycles. The minimum absolute atomic E-state index is 0.0112. The molecule has 0 bridgehead atoms. The zero-order valence-electron chi connectivity index (χ0n) is 15.0. The van der Waals surface area contributed by atoms with Gasteiger partial charge in [0.05, 0.1) is 18.1 Å². The average Bonchev–Trinajstić information content (AvgIpc) is 3.15. The molecule has 2 aromatic heterocycles. The number of nitrogens with one attached hydrogen (secondary N) is 2. The van der Waals surface area contributed by atoms with Crippen LogP contribution in [-0.4, -0.2) is 42.6 Å².